The molecule has 0 amide bonds. The van der Waals surface area contributed by atoms with E-state index in [0.29, 0.717) is 40.6 Å². The molecule has 0 radical (unpaired) electrons. The van der Waals surface area contributed by atoms with Crippen LogP contribution in [0.3, 0.4) is 0 Å². The molecule has 2 aromatic rings. The molecule has 1 aromatic heterocycles. The van der Waals surface area contributed by atoms with Crippen molar-refractivity contribution in [2.45, 2.75) is 17.4 Å². The van der Waals surface area contributed by atoms with Crippen LogP contribution < -0.4 is 11.5 Å². The van der Waals surface area contributed by atoms with Gasteiger partial charge in [0.2, 0.25) is 10.0 Å². The lowest BCUT2D eigenvalue weighted by molar-refractivity contribution is 0.473. The van der Waals surface area contributed by atoms with E-state index in [-0.39, 0.29) is 10.9 Å². The van der Waals surface area contributed by atoms with Crippen molar-refractivity contribution in [3.8, 4) is 0 Å². The molecule has 0 aliphatic carbocycles. The summed E-state index contributed by atoms with van der Waals surface area (Å²) in [6.45, 7) is 0.787. The van der Waals surface area contributed by atoms with Gasteiger partial charge in [0, 0.05) is 40.6 Å². The zero-order chi connectivity index (χ0) is 15.2. The zero-order valence-electron chi connectivity index (χ0n) is 11.2. The third-order valence-electron chi connectivity index (χ3n) is 3.66. The Morgan fingerprint density at radius 1 is 1.38 bits per heavy atom. The Labute approximate surface area is 131 Å². The lowest BCUT2D eigenvalue weighted by atomic mass is 10.1. The number of hydrogen-bond acceptors (Lipinski definition) is 5. The van der Waals surface area contributed by atoms with Crippen molar-refractivity contribution in [3.05, 3.63) is 28.9 Å². The van der Waals surface area contributed by atoms with Crippen LogP contribution in [0.5, 0.6) is 0 Å². The van der Waals surface area contributed by atoms with E-state index >= 15 is 0 Å². The summed E-state index contributed by atoms with van der Waals surface area (Å²) >= 11 is 3.37. The highest BCUT2D eigenvalue weighted by Crippen LogP contribution is 2.34. The highest BCUT2D eigenvalue weighted by Gasteiger charge is 2.32. The van der Waals surface area contributed by atoms with Gasteiger partial charge in [-0.3, -0.25) is 0 Å². The number of anilines is 1. The predicted octanol–water partition coefficient (Wildman–Crippen LogP) is 1.30. The smallest absolute Gasteiger partial charge is 0.243 e. The third-order valence-corrected chi connectivity index (χ3v) is 6.17. The molecule has 2 heterocycles. The van der Waals surface area contributed by atoms with Crippen LogP contribution in [-0.2, 0) is 10.0 Å². The fraction of sp³-hybridized carbons (Fsp3) is 0.308. The van der Waals surface area contributed by atoms with E-state index in [4.69, 9.17) is 11.5 Å². The van der Waals surface area contributed by atoms with Gasteiger partial charge < -0.3 is 11.5 Å². The Morgan fingerprint density at radius 2 is 2.14 bits per heavy atom. The number of nitrogen functional groups attached to an aromatic ring is 1. The van der Waals surface area contributed by atoms with Crippen molar-refractivity contribution in [1.82, 2.24) is 9.29 Å². The molecular weight excluding hydrogens is 356 g/mol. The van der Waals surface area contributed by atoms with Crippen molar-refractivity contribution in [2.75, 3.05) is 18.8 Å². The van der Waals surface area contributed by atoms with Crippen molar-refractivity contribution in [1.29, 1.82) is 0 Å². The topological polar surface area (TPSA) is 102 Å². The second kappa shape index (κ2) is 5.20. The first-order valence-corrected chi connectivity index (χ1v) is 8.73. The fourth-order valence-corrected chi connectivity index (χ4v) is 4.98. The molecule has 8 heteroatoms. The van der Waals surface area contributed by atoms with E-state index in [1.54, 1.807) is 18.2 Å². The van der Waals surface area contributed by atoms with Crippen LogP contribution in [0.1, 0.15) is 6.42 Å². The molecule has 1 saturated heterocycles. The van der Waals surface area contributed by atoms with Crippen LogP contribution in [0.15, 0.2) is 33.8 Å². The number of pyridine rings is 1. The first-order valence-electron chi connectivity index (χ1n) is 6.49. The number of fused-ring (bicyclic) bond motifs is 1. The Hall–Kier alpha value is -1.22. The average Bonchev–Trinajstić information content (AvgIpc) is 2.90. The number of halogens is 1. The monoisotopic (exact) mass is 370 g/mol. The van der Waals surface area contributed by atoms with Crippen LogP contribution in [0, 0.1) is 0 Å². The zero-order valence-corrected chi connectivity index (χ0v) is 13.6. The quantitative estimate of drug-likeness (QED) is 0.829. The Balaban J connectivity index is 2.23. The van der Waals surface area contributed by atoms with Gasteiger partial charge in [-0.1, -0.05) is 12.1 Å². The van der Waals surface area contributed by atoms with Crippen LogP contribution in [0.2, 0.25) is 0 Å². The number of nitrogens with two attached hydrogens (primary N) is 2. The van der Waals surface area contributed by atoms with E-state index in [9.17, 15) is 8.42 Å². The number of aromatic nitrogens is 1. The molecule has 1 atom stereocenters. The molecule has 112 valence electrons. The summed E-state index contributed by atoms with van der Waals surface area (Å²) in [7, 11) is -3.60. The molecule has 1 aliphatic rings. The summed E-state index contributed by atoms with van der Waals surface area (Å²) in [5, 5.41) is 1.18. The molecule has 1 aromatic carbocycles. The van der Waals surface area contributed by atoms with Gasteiger partial charge in [-0.2, -0.15) is 4.31 Å². The summed E-state index contributed by atoms with van der Waals surface area (Å²) < 4.78 is 27.7. The number of rotatable bonds is 2. The molecule has 0 saturated carbocycles. The summed E-state index contributed by atoms with van der Waals surface area (Å²) in [6, 6.07) is 4.92. The van der Waals surface area contributed by atoms with Gasteiger partial charge >= 0.3 is 0 Å². The first kappa shape index (κ1) is 14.7. The minimum atomic E-state index is -3.60. The molecule has 1 aliphatic heterocycles. The highest BCUT2D eigenvalue weighted by molar-refractivity contribution is 9.10. The van der Waals surface area contributed by atoms with E-state index < -0.39 is 10.0 Å². The highest BCUT2D eigenvalue weighted by atomic mass is 79.9. The number of sulfonamides is 1. The standard InChI is InChI=1S/C13H15BrN4O2S/c14-10-6-17-13(16)9-2-1-3-11(12(9)10)21(19,20)18-5-4-8(15)7-18/h1-3,6,8H,4-5,7,15H2,(H2,16,17)/t8-/m1/s1. The second-order valence-electron chi connectivity index (χ2n) is 5.08. The lowest BCUT2D eigenvalue weighted by Crippen LogP contribution is -2.32. The van der Waals surface area contributed by atoms with E-state index in [1.807, 2.05) is 0 Å². The van der Waals surface area contributed by atoms with Gasteiger partial charge in [0.1, 0.15) is 5.82 Å². The maximum Gasteiger partial charge on any atom is 0.243 e. The van der Waals surface area contributed by atoms with Crippen LogP contribution in [-0.4, -0.2) is 36.8 Å². The molecule has 0 spiro atoms. The molecule has 0 bridgehead atoms. The predicted molar refractivity (Wildman–Crippen MR) is 85.2 cm³/mol. The number of benzene rings is 1. The SMILES string of the molecule is Nc1ncc(Br)c2c(S(=O)(=O)N3CC[C@@H](N)C3)cccc12. The summed E-state index contributed by atoms with van der Waals surface area (Å²) in [6.07, 6.45) is 2.20. The molecule has 4 N–H and O–H groups in total. The maximum absolute atomic E-state index is 12.8. The Kier molecular flexibility index (Phi) is 3.64. The molecule has 6 nitrogen and oxygen atoms in total. The van der Waals surface area contributed by atoms with Crippen LogP contribution >= 0.6 is 15.9 Å². The van der Waals surface area contributed by atoms with Crippen molar-refractivity contribution < 1.29 is 8.42 Å². The molecule has 1 fully saturated rings. The number of hydrogen-bond donors (Lipinski definition) is 2. The fourth-order valence-electron chi connectivity index (χ4n) is 2.58. The van der Waals surface area contributed by atoms with Gasteiger partial charge in [-0.25, -0.2) is 13.4 Å². The lowest BCUT2D eigenvalue weighted by Gasteiger charge is -2.18. The second-order valence-corrected chi connectivity index (χ2v) is 7.84. The Bertz CT molecular complexity index is 809. The first-order chi connectivity index (χ1) is 9.91. The third kappa shape index (κ3) is 2.42. The maximum atomic E-state index is 12.8. The van der Waals surface area contributed by atoms with Crippen LogP contribution in [0.25, 0.3) is 10.8 Å². The summed E-state index contributed by atoms with van der Waals surface area (Å²) in [4.78, 5) is 4.27. The van der Waals surface area contributed by atoms with Gasteiger partial charge in [0.15, 0.2) is 0 Å². The summed E-state index contributed by atoms with van der Waals surface area (Å²) in [5.74, 6) is 0.309. The van der Waals surface area contributed by atoms with Gasteiger partial charge in [0.25, 0.3) is 0 Å². The minimum absolute atomic E-state index is 0.107. The van der Waals surface area contributed by atoms with E-state index in [0.717, 1.165) is 0 Å². The Morgan fingerprint density at radius 3 is 2.81 bits per heavy atom. The number of nitrogens with zero attached hydrogens (tertiary/aromatic N) is 2. The molecule has 3 rings (SSSR count). The van der Waals surface area contributed by atoms with Crippen LogP contribution in [0.4, 0.5) is 5.82 Å². The molecular formula is C13H15BrN4O2S. The average molecular weight is 371 g/mol. The van der Waals surface area contributed by atoms with E-state index in [1.165, 1.54) is 10.5 Å². The van der Waals surface area contributed by atoms with Gasteiger partial charge in [-0.05, 0) is 28.4 Å². The minimum Gasteiger partial charge on any atom is -0.383 e. The van der Waals surface area contributed by atoms with Crippen molar-refractivity contribution in [3.63, 3.8) is 0 Å². The normalized spacial score (nSPS) is 20.2. The van der Waals surface area contributed by atoms with Gasteiger partial charge in [-0.15, -0.1) is 0 Å². The largest absolute Gasteiger partial charge is 0.383 e. The summed E-state index contributed by atoms with van der Waals surface area (Å²) in [5.41, 5.74) is 11.7. The van der Waals surface area contributed by atoms with Crippen molar-refractivity contribution >= 4 is 42.5 Å². The van der Waals surface area contributed by atoms with Crippen molar-refractivity contribution in [2.24, 2.45) is 5.73 Å². The molecule has 21 heavy (non-hydrogen) atoms. The van der Waals surface area contributed by atoms with E-state index in [2.05, 4.69) is 20.9 Å². The molecule has 0 unspecified atom stereocenters. The van der Waals surface area contributed by atoms with Gasteiger partial charge in [0.05, 0.1) is 4.90 Å².